The molecule has 1 fully saturated rings. The van der Waals surface area contributed by atoms with Gasteiger partial charge in [0.1, 0.15) is 17.5 Å². The number of benzene rings is 1. The molecule has 1 saturated heterocycles. The molecule has 1 aliphatic rings. The first-order chi connectivity index (χ1) is 11.6. The van der Waals surface area contributed by atoms with Crippen LogP contribution >= 0.6 is 0 Å². The molecule has 0 aliphatic carbocycles. The number of hydrogen-bond acceptors (Lipinski definition) is 5. The van der Waals surface area contributed by atoms with Crippen molar-refractivity contribution in [3.8, 4) is 0 Å². The fourth-order valence-electron chi connectivity index (χ4n) is 2.27. The molecule has 0 radical (unpaired) electrons. The molecule has 2 amide bonds. The van der Waals surface area contributed by atoms with Gasteiger partial charge in [-0.2, -0.15) is 0 Å². The molecule has 1 aliphatic heterocycles. The van der Waals surface area contributed by atoms with Gasteiger partial charge < -0.3 is 14.8 Å². The quantitative estimate of drug-likeness (QED) is 0.840. The van der Waals surface area contributed by atoms with Crippen LogP contribution in [0.15, 0.2) is 18.2 Å². The van der Waals surface area contributed by atoms with E-state index in [4.69, 9.17) is 9.47 Å². The van der Waals surface area contributed by atoms with Gasteiger partial charge in [0.15, 0.2) is 0 Å². The lowest BCUT2D eigenvalue weighted by Gasteiger charge is -2.20. The average Bonchev–Trinajstić information content (AvgIpc) is 2.84. The number of halogens is 1. The molecule has 0 unspecified atom stereocenters. The van der Waals surface area contributed by atoms with Crippen molar-refractivity contribution in [3.63, 3.8) is 0 Å². The molecule has 0 saturated carbocycles. The van der Waals surface area contributed by atoms with Gasteiger partial charge in [0.25, 0.3) is 0 Å². The summed E-state index contributed by atoms with van der Waals surface area (Å²) in [6, 6.07) is 3.80. The van der Waals surface area contributed by atoms with Crippen LogP contribution in [0.3, 0.4) is 0 Å². The van der Waals surface area contributed by atoms with Crippen molar-refractivity contribution in [2.75, 3.05) is 18.0 Å². The minimum atomic E-state index is -0.787. The van der Waals surface area contributed by atoms with E-state index in [9.17, 15) is 18.8 Å². The van der Waals surface area contributed by atoms with Crippen LogP contribution < -0.4 is 10.2 Å². The number of hydrogen-bond donors (Lipinski definition) is 1. The van der Waals surface area contributed by atoms with Gasteiger partial charge in [0.05, 0.1) is 24.3 Å². The highest BCUT2D eigenvalue weighted by Gasteiger charge is 2.33. The monoisotopic (exact) mass is 352 g/mol. The number of nitrogens with zero attached hydrogens (tertiary/aromatic N) is 1. The molecule has 1 atom stereocenters. The lowest BCUT2D eigenvalue weighted by Crippen LogP contribution is -2.33. The normalized spacial score (nSPS) is 17.2. The van der Waals surface area contributed by atoms with Crippen LogP contribution in [0.5, 0.6) is 0 Å². The fourth-order valence-corrected chi connectivity index (χ4v) is 2.27. The highest BCUT2D eigenvalue weighted by atomic mass is 19.1. The minimum absolute atomic E-state index is 0.171. The molecule has 0 bridgehead atoms. The Hall–Kier alpha value is -2.64. The van der Waals surface area contributed by atoms with Crippen molar-refractivity contribution in [1.82, 2.24) is 5.32 Å². The third-order valence-corrected chi connectivity index (χ3v) is 3.34. The van der Waals surface area contributed by atoms with E-state index in [0.717, 1.165) is 6.07 Å². The summed E-state index contributed by atoms with van der Waals surface area (Å²) in [5.41, 5.74) is -0.682. The standard InChI is InChI=1S/C17H21FN2O5/c1-10(21)19-8-12-9-20(16(23)24-12)11-5-6-13(14(18)7-11)15(22)25-17(2,3)4/h5-7,12H,8-9H2,1-4H3,(H,19,21)/t12-/m0/s1. The van der Waals surface area contributed by atoms with Gasteiger partial charge in [-0.3, -0.25) is 9.69 Å². The first kappa shape index (κ1) is 18.7. The lowest BCUT2D eigenvalue weighted by molar-refractivity contribution is -0.119. The van der Waals surface area contributed by atoms with E-state index in [-0.39, 0.29) is 30.2 Å². The summed E-state index contributed by atoms with van der Waals surface area (Å²) in [4.78, 5) is 36.1. The number of rotatable bonds is 4. The van der Waals surface area contributed by atoms with Crippen LogP contribution in [0.2, 0.25) is 0 Å². The van der Waals surface area contributed by atoms with Crippen molar-refractivity contribution in [2.24, 2.45) is 0 Å². The molecule has 136 valence electrons. The van der Waals surface area contributed by atoms with Crippen LogP contribution in [-0.2, 0) is 14.3 Å². The third kappa shape index (κ3) is 4.91. The first-order valence-corrected chi connectivity index (χ1v) is 7.82. The average molecular weight is 352 g/mol. The predicted molar refractivity (Wildman–Crippen MR) is 87.9 cm³/mol. The number of nitrogens with one attached hydrogen (secondary N) is 1. The maximum atomic E-state index is 14.3. The Bertz CT molecular complexity index is 699. The highest BCUT2D eigenvalue weighted by Crippen LogP contribution is 2.25. The summed E-state index contributed by atoms with van der Waals surface area (Å²) in [6.45, 7) is 6.77. The van der Waals surface area contributed by atoms with Gasteiger partial charge in [-0.1, -0.05) is 0 Å². The summed E-state index contributed by atoms with van der Waals surface area (Å²) in [5, 5.41) is 2.56. The number of amides is 2. The zero-order valence-electron chi connectivity index (χ0n) is 14.6. The Labute approximate surface area is 145 Å². The molecular formula is C17H21FN2O5. The van der Waals surface area contributed by atoms with Crippen LogP contribution in [0, 0.1) is 5.82 Å². The zero-order chi connectivity index (χ0) is 18.8. The fraction of sp³-hybridized carbons (Fsp3) is 0.471. The molecule has 2 rings (SSSR count). The number of carbonyl (C=O) groups is 3. The van der Waals surface area contributed by atoms with Gasteiger partial charge in [-0.25, -0.2) is 14.0 Å². The number of carbonyl (C=O) groups excluding carboxylic acids is 3. The number of ether oxygens (including phenoxy) is 2. The molecule has 1 N–H and O–H groups in total. The Morgan fingerprint density at radius 1 is 1.40 bits per heavy atom. The summed E-state index contributed by atoms with van der Waals surface area (Å²) in [5.74, 6) is -1.80. The zero-order valence-corrected chi connectivity index (χ0v) is 14.6. The molecule has 8 heteroatoms. The summed E-state index contributed by atoms with van der Waals surface area (Å²) >= 11 is 0. The minimum Gasteiger partial charge on any atom is -0.456 e. The second-order valence-corrected chi connectivity index (χ2v) is 6.72. The largest absolute Gasteiger partial charge is 0.456 e. The maximum Gasteiger partial charge on any atom is 0.414 e. The van der Waals surface area contributed by atoms with Crippen LogP contribution in [0.1, 0.15) is 38.1 Å². The third-order valence-electron chi connectivity index (χ3n) is 3.34. The van der Waals surface area contributed by atoms with Crippen molar-refractivity contribution in [2.45, 2.75) is 39.4 Å². The summed E-state index contributed by atoms with van der Waals surface area (Å²) in [6.07, 6.45) is -1.16. The Morgan fingerprint density at radius 2 is 2.08 bits per heavy atom. The van der Waals surface area contributed by atoms with Crippen LogP contribution in [0.25, 0.3) is 0 Å². The molecule has 1 aromatic rings. The molecule has 7 nitrogen and oxygen atoms in total. The second-order valence-electron chi connectivity index (χ2n) is 6.72. The SMILES string of the molecule is CC(=O)NC[C@H]1CN(c2ccc(C(=O)OC(C)(C)C)c(F)c2)C(=O)O1. The second kappa shape index (κ2) is 7.08. The first-order valence-electron chi connectivity index (χ1n) is 7.82. The van der Waals surface area contributed by atoms with Crippen LogP contribution in [0.4, 0.5) is 14.9 Å². The Kier molecular flexibility index (Phi) is 5.30. The molecule has 1 aromatic carbocycles. The van der Waals surface area contributed by atoms with Gasteiger partial charge in [0, 0.05) is 6.92 Å². The van der Waals surface area contributed by atoms with E-state index in [2.05, 4.69) is 5.32 Å². The maximum absolute atomic E-state index is 14.3. The molecule has 1 heterocycles. The van der Waals surface area contributed by atoms with E-state index in [0.29, 0.717) is 0 Å². The summed E-state index contributed by atoms with van der Waals surface area (Å²) < 4.78 is 24.5. The van der Waals surface area contributed by atoms with E-state index in [1.165, 1.54) is 24.0 Å². The molecular weight excluding hydrogens is 331 g/mol. The van der Waals surface area contributed by atoms with E-state index in [1.54, 1.807) is 20.8 Å². The van der Waals surface area contributed by atoms with Gasteiger partial charge >= 0.3 is 12.1 Å². The van der Waals surface area contributed by atoms with Crippen molar-refractivity contribution in [3.05, 3.63) is 29.6 Å². The van der Waals surface area contributed by atoms with Gasteiger partial charge in [-0.05, 0) is 39.0 Å². The molecule has 0 aromatic heterocycles. The number of cyclic esters (lactones) is 1. The van der Waals surface area contributed by atoms with Crippen molar-refractivity contribution >= 4 is 23.7 Å². The van der Waals surface area contributed by atoms with Gasteiger partial charge in [0.2, 0.25) is 5.91 Å². The summed E-state index contributed by atoms with van der Waals surface area (Å²) in [7, 11) is 0. The van der Waals surface area contributed by atoms with E-state index >= 15 is 0 Å². The van der Waals surface area contributed by atoms with E-state index in [1.807, 2.05) is 0 Å². The smallest absolute Gasteiger partial charge is 0.414 e. The molecule has 25 heavy (non-hydrogen) atoms. The van der Waals surface area contributed by atoms with Crippen LogP contribution in [-0.4, -0.2) is 42.8 Å². The topological polar surface area (TPSA) is 84.9 Å². The molecule has 0 spiro atoms. The Balaban J connectivity index is 2.11. The Morgan fingerprint density at radius 3 is 2.64 bits per heavy atom. The predicted octanol–water partition coefficient (Wildman–Crippen LogP) is 2.24. The van der Waals surface area contributed by atoms with Gasteiger partial charge in [-0.15, -0.1) is 0 Å². The van der Waals surface area contributed by atoms with Crippen molar-refractivity contribution in [1.29, 1.82) is 0 Å². The highest BCUT2D eigenvalue weighted by molar-refractivity contribution is 5.93. The van der Waals surface area contributed by atoms with E-state index < -0.39 is 29.6 Å². The number of anilines is 1. The van der Waals surface area contributed by atoms with Crippen molar-refractivity contribution < 1.29 is 28.2 Å². The lowest BCUT2D eigenvalue weighted by atomic mass is 10.1. The number of esters is 1.